The van der Waals surface area contributed by atoms with Gasteiger partial charge in [-0.1, -0.05) is 42.5 Å². The first-order valence-corrected chi connectivity index (χ1v) is 9.28. The van der Waals surface area contributed by atoms with Crippen LogP contribution in [0.1, 0.15) is 24.1 Å². The Balaban J connectivity index is 1.48. The Labute approximate surface area is 160 Å². The van der Waals surface area contributed by atoms with E-state index in [1.54, 1.807) is 0 Å². The maximum absolute atomic E-state index is 9.13. The van der Waals surface area contributed by atoms with Crippen LogP contribution in [0.3, 0.4) is 0 Å². The van der Waals surface area contributed by atoms with E-state index < -0.39 is 0 Å². The molecule has 27 heavy (non-hydrogen) atoms. The van der Waals surface area contributed by atoms with Gasteiger partial charge in [0.25, 0.3) is 0 Å². The van der Waals surface area contributed by atoms with Crippen molar-refractivity contribution in [3.63, 3.8) is 0 Å². The summed E-state index contributed by atoms with van der Waals surface area (Å²) in [6.45, 7) is 3.75. The quantitative estimate of drug-likeness (QED) is 0.758. The molecule has 0 radical (unpaired) electrons. The minimum atomic E-state index is 0.0360. The highest BCUT2D eigenvalue weighted by atomic mass is 16.5. The van der Waals surface area contributed by atoms with Crippen molar-refractivity contribution in [3.8, 4) is 11.8 Å². The molecule has 4 rings (SSSR count). The molecule has 1 aliphatic rings. The number of anilines is 1. The molecule has 0 spiro atoms. The third-order valence-corrected chi connectivity index (χ3v) is 5.21. The van der Waals surface area contributed by atoms with E-state index in [4.69, 9.17) is 10.00 Å². The van der Waals surface area contributed by atoms with Gasteiger partial charge in [-0.25, -0.2) is 0 Å². The van der Waals surface area contributed by atoms with E-state index in [1.807, 2.05) is 18.2 Å². The molecule has 0 saturated carbocycles. The van der Waals surface area contributed by atoms with Crippen molar-refractivity contribution in [3.05, 3.63) is 71.8 Å². The molecular weight excluding hydrogens is 334 g/mol. The van der Waals surface area contributed by atoms with E-state index in [0.717, 1.165) is 24.5 Å². The van der Waals surface area contributed by atoms with Crippen LogP contribution in [0, 0.1) is 11.3 Å². The second-order valence-corrected chi connectivity index (χ2v) is 7.11. The van der Waals surface area contributed by atoms with E-state index in [2.05, 4.69) is 72.7 Å². The van der Waals surface area contributed by atoms with Gasteiger partial charge in [-0.15, -0.1) is 0 Å². The van der Waals surface area contributed by atoms with Gasteiger partial charge in [-0.05, 0) is 35.4 Å². The molecule has 0 fully saturated rings. The fraction of sp³-hybridized carbons (Fsp3) is 0.261. The Hall–Kier alpha value is -3.03. The molecule has 1 heterocycles. The Morgan fingerprint density at radius 1 is 1.19 bits per heavy atom. The van der Waals surface area contributed by atoms with E-state index in [9.17, 15) is 0 Å². The highest BCUT2D eigenvalue weighted by molar-refractivity contribution is 5.86. The number of rotatable bonds is 4. The Morgan fingerprint density at radius 2 is 2.00 bits per heavy atom. The molecule has 0 saturated heterocycles. The summed E-state index contributed by atoms with van der Waals surface area (Å²) in [6.07, 6.45) is 0.0360. The van der Waals surface area contributed by atoms with Gasteiger partial charge in [0.1, 0.15) is 11.9 Å². The lowest BCUT2D eigenvalue weighted by molar-refractivity contribution is 0.188. The number of hydrogen-bond donors (Lipinski definition) is 1. The number of likely N-dealkylation sites (N-methyl/N-ethyl adjacent to an activating group) is 1. The van der Waals surface area contributed by atoms with E-state index in [0.29, 0.717) is 5.56 Å². The predicted octanol–water partition coefficient (Wildman–Crippen LogP) is 4.26. The van der Waals surface area contributed by atoms with Crippen LogP contribution in [0.5, 0.6) is 5.75 Å². The summed E-state index contributed by atoms with van der Waals surface area (Å²) in [6, 6.07) is 22.9. The topological polar surface area (TPSA) is 48.3 Å². The van der Waals surface area contributed by atoms with Gasteiger partial charge in [0.2, 0.25) is 0 Å². The first-order valence-electron chi connectivity index (χ1n) is 9.28. The first-order chi connectivity index (χ1) is 13.2. The van der Waals surface area contributed by atoms with Gasteiger partial charge in [0, 0.05) is 25.7 Å². The van der Waals surface area contributed by atoms with Crippen LogP contribution >= 0.6 is 0 Å². The molecule has 1 aliphatic heterocycles. The number of benzene rings is 3. The highest BCUT2D eigenvalue weighted by Gasteiger charge is 2.24. The minimum absolute atomic E-state index is 0.0360. The highest BCUT2D eigenvalue weighted by Crippen LogP contribution is 2.33. The molecule has 0 aromatic heterocycles. The van der Waals surface area contributed by atoms with Crippen LogP contribution in [0.2, 0.25) is 0 Å². The molecule has 0 aliphatic carbocycles. The van der Waals surface area contributed by atoms with Crippen molar-refractivity contribution in [2.75, 3.05) is 25.0 Å². The zero-order valence-corrected chi connectivity index (χ0v) is 15.6. The van der Waals surface area contributed by atoms with Crippen molar-refractivity contribution in [2.45, 2.75) is 19.1 Å². The van der Waals surface area contributed by atoms with Crippen molar-refractivity contribution in [2.24, 2.45) is 0 Å². The Kier molecular flexibility index (Phi) is 4.70. The van der Waals surface area contributed by atoms with Gasteiger partial charge in [0.15, 0.2) is 0 Å². The summed E-state index contributed by atoms with van der Waals surface area (Å²) in [5.74, 6) is 0.785. The first kappa shape index (κ1) is 17.4. The number of fused-ring (bicyclic) bond motifs is 2. The summed E-state index contributed by atoms with van der Waals surface area (Å²) >= 11 is 0. The van der Waals surface area contributed by atoms with Gasteiger partial charge in [0.05, 0.1) is 23.9 Å². The lowest BCUT2D eigenvalue weighted by atomic mass is 9.99. The molecule has 1 N–H and O–H groups in total. The standard InChI is InChI=1S/C23H23N3O/c1-16(20-9-5-7-18-6-3-4-8-21(18)20)25-14-19-15-26(2)22-11-10-17(13-24)12-23(22)27-19/h3-12,16,19,25H,14-15H2,1-2H3/t16-,19?/m1/s1. The number of ether oxygens (including phenoxy) is 1. The number of nitriles is 1. The monoisotopic (exact) mass is 357 g/mol. The summed E-state index contributed by atoms with van der Waals surface area (Å²) < 4.78 is 6.16. The third-order valence-electron chi connectivity index (χ3n) is 5.21. The molecule has 0 bridgehead atoms. The minimum Gasteiger partial charge on any atom is -0.485 e. The molecule has 2 atom stereocenters. The molecule has 1 unspecified atom stereocenters. The SMILES string of the molecule is C[C@@H](NCC1CN(C)c2ccc(C#N)cc2O1)c1cccc2ccccc12. The Morgan fingerprint density at radius 3 is 2.85 bits per heavy atom. The summed E-state index contributed by atoms with van der Waals surface area (Å²) in [5, 5.41) is 15.3. The van der Waals surface area contributed by atoms with Crippen LogP contribution in [0.25, 0.3) is 10.8 Å². The normalized spacial score (nSPS) is 17.1. The lowest BCUT2D eigenvalue weighted by Crippen LogP contribution is -2.44. The van der Waals surface area contributed by atoms with E-state index in [1.165, 1.54) is 16.3 Å². The van der Waals surface area contributed by atoms with E-state index in [-0.39, 0.29) is 12.1 Å². The average Bonchev–Trinajstić information content (AvgIpc) is 2.71. The van der Waals surface area contributed by atoms with Crippen LogP contribution in [-0.4, -0.2) is 26.2 Å². The second-order valence-electron chi connectivity index (χ2n) is 7.11. The third kappa shape index (κ3) is 3.47. The molecule has 4 heteroatoms. The molecule has 136 valence electrons. The lowest BCUT2D eigenvalue weighted by Gasteiger charge is -2.34. The fourth-order valence-electron chi connectivity index (χ4n) is 3.77. The maximum atomic E-state index is 9.13. The van der Waals surface area contributed by atoms with Crippen LogP contribution in [-0.2, 0) is 0 Å². The maximum Gasteiger partial charge on any atom is 0.144 e. The van der Waals surface area contributed by atoms with Crippen LogP contribution < -0.4 is 15.0 Å². The molecular formula is C23H23N3O. The zero-order chi connectivity index (χ0) is 18.8. The summed E-state index contributed by atoms with van der Waals surface area (Å²) in [4.78, 5) is 2.19. The van der Waals surface area contributed by atoms with Gasteiger partial charge in [-0.2, -0.15) is 5.26 Å². The number of hydrogen-bond acceptors (Lipinski definition) is 4. The predicted molar refractivity (Wildman–Crippen MR) is 109 cm³/mol. The largest absolute Gasteiger partial charge is 0.485 e. The fourth-order valence-corrected chi connectivity index (χ4v) is 3.77. The molecule has 4 nitrogen and oxygen atoms in total. The molecule has 3 aromatic carbocycles. The van der Waals surface area contributed by atoms with Crippen molar-refractivity contribution in [1.82, 2.24) is 5.32 Å². The van der Waals surface area contributed by atoms with Gasteiger partial charge in [-0.3, -0.25) is 0 Å². The second kappa shape index (κ2) is 7.30. The molecule has 3 aromatic rings. The smallest absolute Gasteiger partial charge is 0.144 e. The van der Waals surface area contributed by atoms with E-state index >= 15 is 0 Å². The summed E-state index contributed by atoms with van der Waals surface area (Å²) in [5.41, 5.74) is 2.96. The van der Waals surface area contributed by atoms with Crippen LogP contribution in [0.15, 0.2) is 60.7 Å². The van der Waals surface area contributed by atoms with Crippen molar-refractivity contribution in [1.29, 1.82) is 5.26 Å². The van der Waals surface area contributed by atoms with Crippen molar-refractivity contribution >= 4 is 16.5 Å². The number of nitrogens with zero attached hydrogens (tertiary/aromatic N) is 2. The average molecular weight is 357 g/mol. The van der Waals surface area contributed by atoms with Gasteiger partial charge < -0.3 is 15.0 Å². The Bertz CT molecular complexity index is 1000. The number of nitrogens with one attached hydrogen (secondary N) is 1. The van der Waals surface area contributed by atoms with Crippen LogP contribution in [0.4, 0.5) is 5.69 Å². The van der Waals surface area contributed by atoms with Crippen molar-refractivity contribution < 1.29 is 4.74 Å². The zero-order valence-electron chi connectivity index (χ0n) is 15.6. The van der Waals surface area contributed by atoms with Gasteiger partial charge >= 0.3 is 0 Å². The molecule has 0 amide bonds. The summed E-state index contributed by atoms with van der Waals surface area (Å²) in [7, 11) is 2.06.